The molecule has 0 aliphatic rings. The van der Waals surface area contributed by atoms with Crippen molar-refractivity contribution < 1.29 is 9.50 Å². The first kappa shape index (κ1) is 18.1. The van der Waals surface area contributed by atoms with Crippen molar-refractivity contribution in [2.75, 3.05) is 18.5 Å². The van der Waals surface area contributed by atoms with Gasteiger partial charge in [0, 0.05) is 24.5 Å². The van der Waals surface area contributed by atoms with Gasteiger partial charge in [-0.05, 0) is 49.2 Å². The fourth-order valence-electron chi connectivity index (χ4n) is 3.21. The number of fused-ring (bicyclic) bond motifs is 1. The molecule has 0 spiro atoms. The van der Waals surface area contributed by atoms with E-state index in [1.54, 1.807) is 35.3 Å². The van der Waals surface area contributed by atoms with Crippen molar-refractivity contribution >= 4 is 16.9 Å². The van der Waals surface area contributed by atoms with E-state index in [4.69, 9.17) is 10.1 Å². The topological polar surface area (TPSA) is 75.9 Å². The Kier molecular flexibility index (Phi) is 4.75. The number of hydrogen-bond donors (Lipinski definition) is 2. The van der Waals surface area contributed by atoms with Crippen LogP contribution in [0.5, 0.6) is 0 Å². The number of pyridine rings is 2. The summed E-state index contributed by atoms with van der Waals surface area (Å²) in [6.07, 6.45) is 5.07. The number of aliphatic hydroxyl groups excluding tert-OH is 1. The zero-order valence-corrected chi connectivity index (χ0v) is 15.6. The molecule has 0 amide bonds. The lowest BCUT2D eigenvalue weighted by atomic mass is 10.1. The number of halogens is 1. The molecule has 0 aliphatic carbocycles. The third-order valence-corrected chi connectivity index (χ3v) is 4.57. The van der Waals surface area contributed by atoms with Crippen LogP contribution in [0.25, 0.3) is 28.1 Å². The van der Waals surface area contributed by atoms with Gasteiger partial charge < -0.3 is 10.4 Å². The Bertz CT molecular complexity index is 1150. The van der Waals surface area contributed by atoms with Gasteiger partial charge in [0.25, 0.3) is 0 Å². The first-order valence-corrected chi connectivity index (χ1v) is 8.99. The van der Waals surface area contributed by atoms with Crippen LogP contribution in [0, 0.1) is 19.7 Å². The molecule has 0 saturated heterocycles. The van der Waals surface area contributed by atoms with Crippen LogP contribution in [-0.4, -0.2) is 37.8 Å². The highest BCUT2D eigenvalue weighted by molar-refractivity contribution is 5.83. The zero-order valence-electron chi connectivity index (χ0n) is 15.6. The van der Waals surface area contributed by atoms with E-state index < -0.39 is 0 Å². The average Bonchev–Trinajstić information content (AvgIpc) is 3.05. The van der Waals surface area contributed by atoms with Gasteiger partial charge in [0.2, 0.25) is 0 Å². The van der Waals surface area contributed by atoms with E-state index in [1.165, 1.54) is 6.07 Å². The number of nitrogens with one attached hydrogen (secondary N) is 1. The van der Waals surface area contributed by atoms with E-state index in [0.29, 0.717) is 23.9 Å². The smallest absolute Gasteiger partial charge is 0.147 e. The van der Waals surface area contributed by atoms with Crippen LogP contribution in [0.3, 0.4) is 0 Å². The Labute approximate surface area is 161 Å². The van der Waals surface area contributed by atoms with Gasteiger partial charge in [-0.2, -0.15) is 0 Å². The summed E-state index contributed by atoms with van der Waals surface area (Å²) in [7, 11) is 0. The van der Waals surface area contributed by atoms with Gasteiger partial charge in [0.15, 0.2) is 0 Å². The highest BCUT2D eigenvalue weighted by atomic mass is 19.1. The second-order valence-corrected chi connectivity index (χ2v) is 6.62. The number of imidazole rings is 1. The molecule has 7 heteroatoms. The minimum absolute atomic E-state index is 0.0258. The van der Waals surface area contributed by atoms with Crippen molar-refractivity contribution in [2.45, 2.75) is 13.8 Å². The molecule has 2 N–H and O–H groups in total. The highest BCUT2D eigenvalue weighted by Gasteiger charge is 2.19. The van der Waals surface area contributed by atoms with Crippen molar-refractivity contribution in [2.24, 2.45) is 0 Å². The van der Waals surface area contributed by atoms with Gasteiger partial charge in [-0.15, -0.1) is 0 Å². The second kappa shape index (κ2) is 7.36. The molecular weight excluding hydrogens is 357 g/mol. The van der Waals surface area contributed by atoms with Crippen LogP contribution in [0.4, 0.5) is 10.2 Å². The van der Waals surface area contributed by atoms with E-state index in [-0.39, 0.29) is 12.4 Å². The Morgan fingerprint density at radius 2 is 2.00 bits per heavy atom. The summed E-state index contributed by atoms with van der Waals surface area (Å²) in [6.45, 7) is 4.25. The van der Waals surface area contributed by atoms with E-state index >= 15 is 0 Å². The summed E-state index contributed by atoms with van der Waals surface area (Å²) in [5, 5.41) is 12.0. The molecular formula is C21H20FN5O. The fourth-order valence-corrected chi connectivity index (χ4v) is 3.21. The number of aliphatic hydroxyl groups is 1. The largest absolute Gasteiger partial charge is 0.395 e. The summed E-state index contributed by atoms with van der Waals surface area (Å²) >= 11 is 0. The summed E-state index contributed by atoms with van der Waals surface area (Å²) in [5.74, 6) is 0.946. The van der Waals surface area contributed by atoms with Crippen LogP contribution in [0.1, 0.15) is 11.1 Å². The number of rotatable bonds is 5. The molecule has 4 rings (SSSR count). The van der Waals surface area contributed by atoms with Crippen molar-refractivity contribution in [3.05, 3.63) is 65.9 Å². The molecule has 0 radical (unpaired) electrons. The van der Waals surface area contributed by atoms with Crippen molar-refractivity contribution in [1.82, 2.24) is 19.5 Å². The SMILES string of the molecule is Cc1ccc(-n2c(-c3cnc(NCCO)cc3C)nc3ccncc32)c(F)c1. The molecule has 0 saturated carbocycles. The summed E-state index contributed by atoms with van der Waals surface area (Å²) in [4.78, 5) is 13.3. The Morgan fingerprint density at radius 3 is 2.75 bits per heavy atom. The Hall–Kier alpha value is -3.32. The van der Waals surface area contributed by atoms with Gasteiger partial charge in [-0.3, -0.25) is 9.55 Å². The number of benzene rings is 1. The molecule has 28 heavy (non-hydrogen) atoms. The molecule has 142 valence electrons. The van der Waals surface area contributed by atoms with Crippen LogP contribution < -0.4 is 5.32 Å². The highest BCUT2D eigenvalue weighted by Crippen LogP contribution is 2.31. The van der Waals surface area contributed by atoms with Gasteiger partial charge in [-0.25, -0.2) is 14.4 Å². The normalized spacial score (nSPS) is 11.1. The van der Waals surface area contributed by atoms with Crippen LogP contribution in [0.15, 0.2) is 48.9 Å². The lowest BCUT2D eigenvalue weighted by molar-refractivity contribution is 0.311. The quantitative estimate of drug-likeness (QED) is 0.555. The molecule has 6 nitrogen and oxygen atoms in total. The van der Waals surface area contributed by atoms with Crippen molar-refractivity contribution in [1.29, 1.82) is 0 Å². The molecule has 1 aromatic carbocycles. The third-order valence-electron chi connectivity index (χ3n) is 4.57. The van der Waals surface area contributed by atoms with Gasteiger partial charge in [0.05, 0.1) is 29.5 Å². The van der Waals surface area contributed by atoms with E-state index in [9.17, 15) is 4.39 Å². The first-order chi connectivity index (χ1) is 13.6. The first-order valence-electron chi connectivity index (χ1n) is 8.99. The molecule has 3 heterocycles. The molecule has 0 bridgehead atoms. The second-order valence-electron chi connectivity index (χ2n) is 6.62. The average molecular weight is 377 g/mol. The molecule has 0 fully saturated rings. The third kappa shape index (κ3) is 3.20. The zero-order chi connectivity index (χ0) is 19.7. The van der Waals surface area contributed by atoms with Gasteiger partial charge in [-0.1, -0.05) is 6.07 Å². The fraction of sp³-hybridized carbons (Fsp3) is 0.190. The van der Waals surface area contributed by atoms with Crippen LogP contribution >= 0.6 is 0 Å². The maximum atomic E-state index is 14.8. The summed E-state index contributed by atoms with van der Waals surface area (Å²) in [5.41, 5.74) is 4.45. The Morgan fingerprint density at radius 1 is 1.14 bits per heavy atom. The van der Waals surface area contributed by atoms with Crippen LogP contribution in [-0.2, 0) is 0 Å². The molecule has 3 aromatic heterocycles. The standard InChI is InChI=1S/C21H20FN5O/c1-13-3-4-18(16(22)9-13)27-19-12-23-6-5-17(19)26-21(27)15-11-25-20(10-14(15)2)24-7-8-28/h3-6,9-12,28H,7-8H2,1-2H3,(H,24,25). The molecule has 0 unspecified atom stereocenters. The summed E-state index contributed by atoms with van der Waals surface area (Å²) in [6, 6.07) is 8.83. The van der Waals surface area contributed by atoms with E-state index in [0.717, 1.165) is 27.7 Å². The number of hydrogen-bond acceptors (Lipinski definition) is 5. The lowest BCUT2D eigenvalue weighted by Gasteiger charge is -2.13. The molecule has 4 aromatic rings. The van der Waals surface area contributed by atoms with Gasteiger partial charge >= 0.3 is 0 Å². The van der Waals surface area contributed by atoms with E-state index in [1.807, 2.05) is 26.0 Å². The lowest BCUT2D eigenvalue weighted by Crippen LogP contribution is -2.08. The number of aromatic nitrogens is 4. The monoisotopic (exact) mass is 377 g/mol. The predicted octanol–water partition coefficient (Wildman–Crippen LogP) is 3.64. The minimum Gasteiger partial charge on any atom is -0.395 e. The van der Waals surface area contributed by atoms with Crippen LogP contribution in [0.2, 0.25) is 0 Å². The van der Waals surface area contributed by atoms with Crippen molar-refractivity contribution in [3.8, 4) is 17.1 Å². The molecule has 0 atom stereocenters. The maximum Gasteiger partial charge on any atom is 0.147 e. The maximum absolute atomic E-state index is 14.8. The number of aryl methyl sites for hydroxylation is 2. The Balaban J connectivity index is 1.93. The van der Waals surface area contributed by atoms with Gasteiger partial charge in [0.1, 0.15) is 17.5 Å². The number of nitrogens with zero attached hydrogens (tertiary/aromatic N) is 4. The molecule has 0 aliphatic heterocycles. The minimum atomic E-state index is -0.323. The predicted molar refractivity (Wildman–Crippen MR) is 107 cm³/mol. The summed E-state index contributed by atoms with van der Waals surface area (Å²) < 4.78 is 16.6. The number of anilines is 1. The van der Waals surface area contributed by atoms with E-state index in [2.05, 4.69) is 15.3 Å². The van der Waals surface area contributed by atoms with Crippen molar-refractivity contribution in [3.63, 3.8) is 0 Å².